The van der Waals surface area contributed by atoms with Gasteiger partial charge in [-0.2, -0.15) is 0 Å². The number of hydrogen-bond acceptors (Lipinski definition) is 4. The van der Waals surface area contributed by atoms with Crippen LogP contribution in [0.5, 0.6) is 0 Å². The van der Waals surface area contributed by atoms with E-state index in [1.54, 1.807) is 12.3 Å². The van der Waals surface area contributed by atoms with Gasteiger partial charge in [0.05, 0.1) is 11.4 Å². The molecule has 0 radical (unpaired) electrons. The highest BCUT2D eigenvalue weighted by atomic mass is 14.8. The lowest BCUT2D eigenvalue weighted by Crippen LogP contribution is -2.29. The van der Waals surface area contributed by atoms with Crippen LogP contribution in [0.15, 0.2) is 29.9 Å². The summed E-state index contributed by atoms with van der Waals surface area (Å²) < 4.78 is 0. The van der Waals surface area contributed by atoms with Gasteiger partial charge < -0.3 is 5.73 Å². The molecule has 0 spiro atoms. The van der Waals surface area contributed by atoms with E-state index in [0.717, 1.165) is 30.5 Å². The molecule has 0 unspecified atom stereocenters. The third-order valence-corrected chi connectivity index (χ3v) is 3.42. The second kappa shape index (κ2) is 4.28. The molecule has 0 saturated carbocycles. The first-order chi connectivity index (χ1) is 8.02. The Labute approximate surface area is 101 Å². The predicted molar refractivity (Wildman–Crippen MR) is 67.7 cm³/mol. The number of nitrogens with two attached hydrogens (primary N) is 1. The van der Waals surface area contributed by atoms with E-state index in [0.29, 0.717) is 11.4 Å². The lowest BCUT2D eigenvalue weighted by atomic mass is 9.75. The van der Waals surface area contributed by atoms with Gasteiger partial charge in [-0.1, -0.05) is 13.8 Å². The predicted octanol–water partition coefficient (Wildman–Crippen LogP) is 2.27. The van der Waals surface area contributed by atoms with E-state index < -0.39 is 0 Å². The lowest BCUT2D eigenvalue weighted by Gasteiger charge is -2.32. The molecule has 0 aliphatic heterocycles. The van der Waals surface area contributed by atoms with Gasteiger partial charge >= 0.3 is 0 Å². The summed E-state index contributed by atoms with van der Waals surface area (Å²) in [6.07, 6.45) is 6.16. The van der Waals surface area contributed by atoms with Crippen LogP contribution in [0.2, 0.25) is 0 Å². The molecule has 3 N–H and O–H groups in total. The zero-order valence-electron chi connectivity index (χ0n) is 10.3. The third-order valence-electron chi connectivity index (χ3n) is 3.42. The Morgan fingerprint density at radius 3 is 2.88 bits per heavy atom. The summed E-state index contributed by atoms with van der Waals surface area (Å²) in [6, 6.07) is 1.75. The molecule has 0 aromatic carbocycles. The van der Waals surface area contributed by atoms with Crippen LogP contribution in [-0.2, 0) is 0 Å². The topological polar surface area (TPSA) is 75.7 Å². The monoisotopic (exact) mass is 230 g/mol. The SMILES string of the molecule is CC1(C)CCCC(C(=N)c2ccncn2)=C1N. The molecule has 2 rings (SSSR count). The van der Waals surface area contributed by atoms with Crippen molar-refractivity contribution >= 4 is 5.71 Å². The van der Waals surface area contributed by atoms with Gasteiger partial charge in [0.25, 0.3) is 0 Å². The Kier molecular flexibility index (Phi) is 2.96. The molecule has 1 aromatic rings. The minimum Gasteiger partial charge on any atom is -0.401 e. The van der Waals surface area contributed by atoms with Gasteiger partial charge in [0.2, 0.25) is 0 Å². The second-order valence-corrected chi connectivity index (χ2v) is 5.10. The van der Waals surface area contributed by atoms with Crippen molar-refractivity contribution in [3.63, 3.8) is 0 Å². The van der Waals surface area contributed by atoms with Gasteiger partial charge in [-0.05, 0) is 30.9 Å². The molecule has 1 aromatic heterocycles. The molecular formula is C13H18N4. The Hall–Kier alpha value is -1.71. The molecule has 4 heteroatoms. The molecule has 1 aliphatic rings. The van der Waals surface area contributed by atoms with Crippen LogP contribution in [0.25, 0.3) is 0 Å². The van der Waals surface area contributed by atoms with Gasteiger partial charge in [-0.3, -0.25) is 5.41 Å². The van der Waals surface area contributed by atoms with Crippen LogP contribution in [0.3, 0.4) is 0 Å². The molecule has 4 nitrogen and oxygen atoms in total. The number of nitrogens with one attached hydrogen (secondary N) is 1. The summed E-state index contributed by atoms with van der Waals surface area (Å²) in [5, 5.41) is 8.20. The second-order valence-electron chi connectivity index (χ2n) is 5.10. The molecule has 0 amide bonds. The molecule has 1 aliphatic carbocycles. The highest BCUT2D eigenvalue weighted by Crippen LogP contribution is 2.37. The minimum absolute atomic E-state index is 0.00703. The maximum Gasteiger partial charge on any atom is 0.116 e. The highest BCUT2D eigenvalue weighted by molar-refractivity contribution is 6.09. The summed E-state index contributed by atoms with van der Waals surface area (Å²) in [7, 11) is 0. The largest absolute Gasteiger partial charge is 0.401 e. The summed E-state index contributed by atoms with van der Waals surface area (Å²) >= 11 is 0. The van der Waals surface area contributed by atoms with Gasteiger partial charge in [0.1, 0.15) is 6.33 Å². The average molecular weight is 230 g/mol. The quantitative estimate of drug-likeness (QED) is 0.765. The van der Waals surface area contributed by atoms with Crippen LogP contribution >= 0.6 is 0 Å². The number of allylic oxidation sites excluding steroid dienone is 2. The van der Waals surface area contributed by atoms with E-state index >= 15 is 0 Å². The molecule has 0 atom stereocenters. The summed E-state index contributed by atoms with van der Waals surface area (Å²) in [5.41, 5.74) is 9.06. The fourth-order valence-corrected chi connectivity index (χ4v) is 2.24. The summed E-state index contributed by atoms with van der Waals surface area (Å²) in [6.45, 7) is 4.27. The van der Waals surface area contributed by atoms with Crippen LogP contribution < -0.4 is 5.73 Å². The molecule has 0 bridgehead atoms. The van der Waals surface area contributed by atoms with Crippen molar-refractivity contribution in [2.24, 2.45) is 11.1 Å². The minimum atomic E-state index is -0.00703. The maximum atomic E-state index is 8.20. The zero-order valence-corrected chi connectivity index (χ0v) is 10.3. The molecule has 0 fully saturated rings. The van der Waals surface area contributed by atoms with Crippen LogP contribution in [0, 0.1) is 10.8 Å². The summed E-state index contributed by atoms with van der Waals surface area (Å²) in [4.78, 5) is 7.98. The van der Waals surface area contributed by atoms with Gasteiger partial charge in [0.15, 0.2) is 0 Å². The fourth-order valence-electron chi connectivity index (χ4n) is 2.24. The Bertz CT molecular complexity index is 460. The molecule has 17 heavy (non-hydrogen) atoms. The molecule has 0 saturated heterocycles. The lowest BCUT2D eigenvalue weighted by molar-refractivity contribution is 0.367. The fraction of sp³-hybridized carbons (Fsp3) is 0.462. The Morgan fingerprint density at radius 1 is 1.47 bits per heavy atom. The standard InChI is InChI=1S/C13H18N4/c1-13(2)6-3-4-9(12(13)15)11(14)10-5-7-16-8-17-10/h5,7-8,14H,3-4,6,15H2,1-2H3. The maximum absolute atomic E-state index is 8.20. The van der Waals surface area contributed by atoms with Crippen molar-refractivity contribution in [1.29, 1.82) is 5.41 Å². The van der Waals surface area contributed by atoms with Crippen LogP contribution in [0.4, 0.5) is 0 Å². The highest BCUT2D eigenvalue weighted by Gasteiger charge is 2.29. The normalized spacial score (nSPS) is 19.2. The van der Waals surface area contributed by atoms with Gasteiger partial charge in [-0.25, -0.2) is 9.97 Å². The van der Waals surface area contributed by atoms with Crippen molar-refractivity contribution in [3.8, 4) is 0 Å². The smallest absolute Gasteiger partial charge is 0.116 e. The zero-order chi connectivity index (χ0) is 12.5. The number of rotatable bonds is 2. The summed E-state index contributed by atoms with van der Waals surface area (Å²) in [5.74, 6) is 0. The van der Waals surface area contributed by atoms with E-state index in [9.17, 15) is 0 Å². The van der Waals surface area contributed by atoms with Crippen molar-refractivity contribution in [2.75, 3.05) is 0 Å². The van der Waals surface area contributed by atoms with E-state index in [-0.39, 0.29) is 5.41 Å². The number of nitrogens with zero attached hydrogens (tertiary/aromatic N) is 2. The van der Waals surface area contributed by atoms with E-state index in [2.05, 4.69) is 23.8 Å². The van der Waals surface area contributed by atoms with Crippen molar-refractivity contribution < 1.29 is 0 Å². The molecular weight excluding hydrogens is 212 g/mol. The van der Waals surface area contributed by atoms with E-state index in [4.69, 9.17) is 11.1 Å². The van der Waals surface area contributed by atoms with Crippen molar-refractivity contribution in [1.82, 2.24) is 9.97 Å². The van der Waals surface area contributed by atoms with E-state index in [1.165, 1.54) is 6.33 Å². The number of aromatic nitrogens is 2. The van der Waals surface area contributed by atoms with Crippen molar-refractivity contribution in [3.05, 3.63) is 35.6 Å². The first kappa shape index (κ1) is 11.8. The Morgan fingerprint density at radius 2 is 2.24 bits per heavy atom. The molecule has 1 heterocycles. The third kappa shape index (κ3) is 2.20. The average Bonchev–Trinajstić information content (AvgIpc) is 2.33. The van der Waals surface area contributed by atoms with Crippen LogP contribution in [-0.4, -0.2) is 15.7 Å². The van der Waals surface area contributed by atoms with Crippen LogP contribution in [0.1, 0.15) is 38.8 Å². The Balaban J connectivity index is 2.38. The first-order valence-electron chi connectivity index (χ1n) is 5.87. The number of hydrogen-bond donors (Lipinski definition) is 2. The first-order valence-corrected chi connectivity index (χ1v) is 5.87. The van der Waals surface area contributed by atoms with Crippen molar-refractivity contribution in [2.45, 2.75) is 33.1 Å². The van der Waals surface area contributed by atoms with Gasteiger partial charge in [-0.15, -0.1) is 0 Å². The van der Waals surface area contributed by atoms with Gasteiger partial charge in [0, 0.05) is 17.3 Å². The molecule has 90 valence electrons. The van der Waals surface area contributed by atoms with E-state index in [1.807, 2.05) is 0 Å².